The molecular weight excluding hydrogens is 152 g/mol. The molecule has 2 amide bonds. The summed E-state index contributed by atoms with van der Waals surface area (Å²) in [6.45, 7) is 7.98. The Morgan fingerprint density at radius 3 is 2.75 bits per heavy atom. The summed E-state index contributed by atoms with van der Waals surface area (Å²) >= 11 is 0. The average Bonchev–Trinajstić information content (AvgIpc) is 2.10. The molecule has 0 heterocycles. The summed E-state index contributed by atoms with van der Waals surface area (Å²) in [5.41, 5.74) is 1.14. The number of hydrogen-bond donors (Lipinski definition) is 2. The van der Waals surface area contributed by atoms with Crippen molar-refractivity contribution in [3.63, 3.8) is 0 Å². The van der Waals surface area contributed by atoms with Gasteiger partial charge >= 0.3 is 6.03 Å². The van der Waals surface area contributed by atoms with E-state index in [9.17, 15) is 4.79 Å². The van der Waals surface area contributed by atoms with E-state index in [1.165, 1.54) is 0 Å². The van der Waals surface area contributed by atoms with Crippen LogP contribution in [-0.2, 0) is 0 Å². The molecule has 0 aliphatic rings. The van der Waals surface area contributed by atoms with E-state index in [2.05, 4.69) is 17.2 Å². The fourth-order valence-electron chi connectivity index (χ4n) is 0.507. The van der Waals surface area contributed by atoms with Crippen molar-refractivity contribution in [2.75, 3.05) is 6.54 Å². The number of hydrogen-bond acceptors (Lipinski definition) is 1. The molecule has 0 aromatic heterocycles. The van der Waals surface area contributed by atoms with E-state index in [0.717, 1.165) is 12.0 Å². The lowest BCUT2D eigenvalue weighted by Gasteiger charge is -2.01. The second kappa shape index (κ2) is 6.46. The Balaban J connectivity index is 3.62. The topological polar surface area (TPSA) is 41.1 Å². The number of rotatable bonds is 4. The predicted octanol–water partition coefficient (Wildman–Crippen LogP) is 1.79. The lowest BCUT2D eigenvalue weighted by atomic mass is 10.3. The Bertz CT molecular complexity index is 185. The van der Waals surface area contributed by atoms with E-state index in [1.807, 2.05) is 13.8 Å². The molecule has 0 aliphatic heterocycles. The summed E-state index contributed by atoms with van der Waals surface area (Å²) < 4.78 is 0. The van der Waals surface area contributed by atoms with Gasteiger partial charge in [0.25, 0.3) is 0 Å². The maximum Gasteiger partial charge on any atom is 0.319 e. The monoisotopic (exact) mass is 168 g/mol. The molecule has 3 nitrogen and oxygen atoms in total. The van der Waals surface area contributed by atoms with Crippen molar-refractivity contribution in [2.45, 2.75) is 20.3 Å². The van der Waals surface area contributed by atoms with E-state index in [0.29, 0.717) is 6.54 Å². The molecule has 0 bridgehead atoms. The first-order valence-corrected chi connectivity index (χ1v) is 4.01. The fourth-order valence-corrected chi connectivity index (χ4v) is 0.507. The van der Waals surface area contributed by atoms with Gasteiger partial charge in [-0.1, -0.05) is 18.6 Å². The van der Waals surface area contributed by atoms with Crippen LogP contribution in [0, 0.1) is 0 Å². The lowest BCUT2D eigenvalue weighted by Crippen LogP contribution is -2.32. The first kappa shape index (κ1) is 10.8. The summed E-state index contributed by atoms with van der Waals surface area (Å²) in [6.07, 6.45) is 4.29. The minimum atomic E-state index is -0.192. The smallest absolute Gasteiger partial charge is 0.319 e. The van der Waals surface area contributed by atoms with Crippen LogP contribution < -0.4 is 10.6 Å². The van der Waals surface area contributed by atoms with Crippen LogP contribution in [0.25, 0.3) is 0 Å². The van der Waals surface area contributed by atoms with Gasteiger partial charge in [-0.15, -0.1) is 6.58 Å². The quantitative estimate of drug-likeness (QED) is 0.617. The zero-order chi connectivity index (χ0) is 9.40. The molecule has 12 heavy (non-hydrogen) atoms. The molecule has 0 rings (SSSR count). The number of allylic oxidation sites excluding steroid dienone is 1. The molecule has 0 fully saturated rings. The highest BCUT2D eigenvalue weighted by molar-refractivity contribution is 5.75. The van der Waals surface area contributed by atoms with Gasteiger partial charge in [0.15, 0.2) is 0 Å². The summed E-state index contributed by atoms with van der Waals surface area (Å²) in [6, 6.07) is -0.192. The van der Waals surface area contributed by atoms with Crippen LogP contribution in [0.1, 0.15) is 20.3 Å². The molecule has 0 aliphatic carbocycles. The zero-order valence-electron chi connectivity index (χ0n) is 7.68. The largest absolute Gasteiger partial charge is 0.334 e. The van der Waals surface area contributed by atoms with Crippen molar-refractivity contribution in [3.8, 4) is 0 Å². The van der Waals surface area contributed by atoms with E-state index < -0.39 is 0 Å². The standard InChI is InChI=1S/C9H16N2O/c1-4-6-10-9(12)11-7-8(3)5-2/h4,7H,1,5-6H2,2-3H3,(H2,10,11,12)/b8-7+. The minimum Gasteiger partial charge on any atom is -0.334 e. The Kier molecular flexibility index (Phi) is 5.79. The van der Waals surface area contributed by atoms with Crippen LogP contribution >= 0.6 is 0 Å². The van der Waals surface area contributed by atoms with Crippen molar-refractivity contribution in [1.29, 1.82) is 0 Å². The molecule has 0 spiro atoms. The Labute approximate surface area is 73.5 Å². The van der Waals surface area contributed by atoms with Gasteiger partial charge in [-0.05, 0) is 13.3 Å². The molecule has 0 atom stereocenters. The molecular formula is C9H16N2O. The van der Waals surface area contributed by atoms with E-state index in [1.54, 1.807) is 12.3 Å². The van der Waals surface area contributed by atoms with Crippen LogP contribution in [0.2, 0.25) is 0 Å². The van der Waals surface area contributed by atoms with Crippen molar-refractivity contribution >= 4 is 6.03 Å². The van der Waals surface area contributed by atoms with Crippen LogP contribution in [0.4, 0.5) is 4.79 Å². The first-order valence-electron chi connectivity index (χ1n) is 4.01. The normalized spacial score (nSPS) is 10.7. The van der Waals surface area contributed by atoms with Crippen LogP contribution in [0.5, 0.6) is 0 Å². The van der Waals surface area contributed by atoms with Gasteiger partial charge in [-0.25, -0.2) is 4.79 Å². The molecule has 68 valence electrons. The highest BCUT2D eigenvalue weighted by atomic mass is 16.2. The highest BCUT2D eigenvalue weighted by Crippen LogP contribution is 1.93. The summed E-state index contributed by atoms with van der Waals surface area (Å²) in [5, 5.41) is 5.21. The summed E-state index contributed by atoms with van der Waals surface area (Å²) in [4.78, 5) is 10.9. The number of nitrogens with one attached hydrogen (secondary N) is 2. The Hall–Kier alpha value is -1.25. The number of carbonyl (C=O) groups excluding carboxylic acids is 1. The number of urea groups is 1. The third-order valence-electron chi connectivity index (χ3n) is 1.41. The van der Waals surface area contributed by atoms with E-state index >= 15 is 0 Å². The zero-order valence-corrected chi connectivity index (χ0v) is 7.68. The fraction of sp³-hybridized carbons (Fsp3) is 0.444. The van der Waals surface area contributed by atoms with Crippen LogP contribution in [0.15, 0.2) is 24.4 Å². The predicted molar refractivity (Wildman–Crippen MR) is 50.8 cm³/mol. The lowest BCUT2D eigenvalue weighted by molar-refractivity contribution is 0.245. The number of amides is 2. The van der Waals surface area contributed by atoms with Crippen molar-refractivity contribution in [2.24, 2.45) is 0 Å². The van der Waals surface area contributed by atoms with Crippen LogP contribution in [0.3, 0.4) is 0 Å². The molecule has 0 saturated carbocycles. The highest BCUT2D eigenvalue weighted by Gasteiger charge is 1.92. The Morgan fingerprint density at radius 1 is 1.58 bits per heavy atom. The van der Waals surface area contributed by atoms with Gasteiger partial charge in [-0.3, -0.25) is 0 Å². The van der Waals surface area contributed by atoms with Crippen molar-refractivity contribution in [1.82, 2.24) is 10.6 Å². The molecule has 0 saturated heterocycles. The second-order valence-electron chi connectivity index (χ2n) is 2.49. The molecule has 0 aromatic rings. The minimum absolute atomic E-state index is 0.192. The third-order valence-corrected chi connectivity index (χ3v) is 1.41. The molecule has 0 unspecified atom stereocenters. The molecule has 2 N–H and O–H groups in total. The van der Waals surface area contributed by atoms with Gasteiger partial charge in [0.05, 0.1) is 0 Å². The van der Waals surface area contributed by atoms with Crippen molar-refractivity contribution < 1.29 is 4.79 Å². The van der Waals surface area contributed by atoms with Crippen molar-refractivity contribution in [3.05, 3.63) is 24.4 Å². The maximum atomic E-state index is 10.9. The average molecular weight is 168 g/mol. The number of carbonyl (C=O) groups is 1. The van der Waals surface area contributed by atoms with E-state index in [-0.39, 0.29) is 6.03 Å². The van der Waals surface area contributed by atoms with Gasteiger partial charge in [0, 0.05) is 12.7 Å². The van der Waals surface area contributed by atoms with Gasteiger partial charge < -0.3 is 10.6 Å². The van der Waals surface area contributed by atoms with Gasteiger partial charge in [-0.2, -0.15) is 0 Å². The third kappa shape index (κ3) is 5.53. The van der Waals surface area contributed by atoms with Gasteiger partial charge in [0.2, 0.25) is 0 Å². The van der Waals surface area contributed by atoms with Crippen LogP contribution in [-0.4, -0.2) is 12.6 Å². The van der Waals surface area contributed by atoms with Gasteiger partial charge in [0.1, 0.15) is 0 Å². The first-order chi connectivity index (χ1) is 5.70. The second-order valence-corrected chi connectivity index (χ2v) is 2.49. The Morgan fingerprint density at radius 2 is 2.25 bits per heavy atom. The maximum absolute atomic E-state index is 10.9. The molecule has 3 heteroatoms. The SMILES string of the molecule is C=CCNC(=O)N/C=C(\C)CC. The molecule has 0 radical (unpaired) electrons. The summed E-state index contributed by atoms with van der Waals surface area (Å²) in [5.74, 6) is 0. The van der Waals surface area contributed by atoms with E-state index in [4.69, 9.17) is 0 Å². The molecule has 0 aromatic carbocycles. The summed E-state index contributed by atoms with van der Waals surface area (Å²) in [7, 11) is 0.